The zero-order valence-electron chi connectivity index (χ0n) is 10.0. The van der Waals surface area contributed by atoms with Gasteiger partial charge in [-0.2, -0.15) is 11.8 Å². The minimum Gasteiger partial charge on any atom is -0.371 e. The summed E-state index contributed by atoms with van der Waals surface area (Å²) in [6.45, 7) is 2.52. The summed E-state index contributed by atoms with van der Waals surface area (Å²) in [4.78, 5) is 2.15. The zero-order valence-corrected chi connectivity index (χ0v) is 10.9. The van der Waals surface area contributed by atoms with Crippen LogP contribution in [0.25, 0.3) is 0 Å². The van der Waals surface area contributed by atoms with Gasteiger partial charge in [0, 0.05) is 31.1 Å². The van der Waals surface area contributed by atoms with Crippen LogP contribution < -0.4 is 10.6 Å². The molecule has 2 N–H and O–H groups in total. The number of benzene rings is 1. The van der Waals surface area contributed by atoms with Gasteiger partial charge in [0.05, 0.1) is 0 Å². The second kappa shape index (κ2) is 6.11. The number of thioether (sulfide) groups is 1. The topological polar surface area (TPSA) is 29.3 Å². The van der Waals surface area contributed by atoms with Crippen molar-refractivity contribution in [2.75, 3.05) is 24.0 Å². The molecule has 1 aromatic rings. The van der Waals surface area contributed by atoms with Gasteiger partial charge in [0.2, 0.25) is 0 Å². The van der Waals surface area contributed by atoms with Crippen LogP contribution >= 0.6 is 11.8 Å². The maximum absolute atomic E-state index is 13.1. The third kappa shape index (κ3) is 3.12. The fourth-order valence-electron chi connectivity index (χ4n) is 1.65. The van der Waals surface area contributed by atoms with E-state index in [-0.39, 0.29) is 5.82 Å². The van der Waals surface area contributed by atoms with E-state index in [1.165, 1.54) is 12.1 Å². The highest BCUT2D eigenvalue weighted by Gasteiger charge is 2.13. The molecule has 0 aromatic heterocycles. The van der Waals surface area contributed by atoms with Crippen LogP contribution in [0.3, 0.4) is 0 Å². The van der Waals surface area contributed by atoms with Crippen LogP contribution in [0.5, 0.6) is 0 Å². The third-order valence-corrected chi connectivity index (χ3v) is 3.53. The molecule has 0 saturated carbocycles. The van der Waals surface area contributed by atoms with E-state index in [9.17, 15) is 4.39 Å². The SMILES string of the molecule is CSCC(C)N(C)c1ccc(F)cc1CN. The smallest absolute Gasteiger partial charge is 0.123 e. The summed E-state index contributed by atoms with van der Waals surface area (Å²) in [6.07, 6.45) is 2.08. The van der Waals surface area contributed by atoms with Crippen LogP contribution in [0.4, 0.5) is 10.1 Å². The van der Waals surface area contributed by atoms with Crippen LogP contribution in [-0.4, -0.2) is 25.1 Å². The van der Waals surface area contributed by atoms with Gasteiger partial charge in [-0.15, -0.1) is 0 Å². The van der Waals surface area contributed by atoms with Crippen molar-refractivity contribution in [1.29, 1.82) is 0 Å². The van der Waals surface area contributed by atoms with E-state index in [0.717, 1.165) is 17.0 Å². The number of halogens is 1. The van der Waals surface area contributed by atoms with Gasteiger partial charge >= 0.3 is 0 Å². The second-order valence-electron chi connectivity index (χ2n) is 3.89. The van der Waals surface area contributed by atoms with Crippen LogP contribution in [0, 0.1) is 5.82 Å². The highest BCUT2D eigenvalue weighted by Crippen LogP contribution is 2.22. The van der Waals surface area contributed by atoms with Gasteiger partial charge in [-0.3, -0.25) is 0 Å². The number of nitrogens with two attached hydrogens (primary N) is 1. The fourth-order valence-corrected chi connectivity index (χ4v) is 2.36. The van der Waals surface area contributed by atoms with Crippen molar-refractivity contribution in [3.63, 3.8) is 0 Å². The molecule has 0 aliphatic heterocycles. The highest BCUT2D eigenvalue weighted by atomic mass is 32.2. The Bertz CT molecular complexity index is 344. The Hall–Kier alpha value is -0.740. The molecule has 0 aliphatic carbocycles. The monoisotopic (exact) mass is 242 g/mol. The van der Waals surface area contributed by atoms with Gasteiger partial charge in [-0.25, -0.2) is 4.39 Å². The lowest BCUT2D eigenvalue weighted by Crippen LogP contribution is -2.31. The molecule has 0 spiro atoms. The Morgan fingerprint density at radius 2 is 2.19 bits per heavy atom. The molecule has 0 radical (unpaired) electrons. The maximum atomic E-state index is 13.1. The molecular formula is C12H19FN2S. The highest BCUT2D eigenvalue weighted by molar-refractivity contribution is 7.98. The molecule has 1 aromatic carbocycles. The van der Waals surface area contributed by atoms with E-state index in [1.54, 1.807) is 17.8 Å². The number of nitrogens with zero attached hydrogens (tertiary/aromatic N) is 1. The van der Waals surface area contributed by atoms with Crippen LogP contribution in [0.2, 0.25) is 0 Å². The van der Waals surface area contributed by atoms with E-state index >= 15 is 0 Å². The largest absolute Gasteiger partial charge is 0.371 e. The molecule has 0 bridgehead atoms. The molecular weight excluding hydrogens is 223 g/mol. The van der Waals surface area contributed by atoms with Crippen molar-refractivity contribution in [3.8, 4) is 0 Å². The van der Waals surface area contributed by atoms with Gasteiger partial charge in [0.1, 0.15) is 5.82 Å². The Kier molecular flexibility index (Phi) is 5.09. The molecule has 0 aliphatic rings. The normalized spacial score (nSPS) is 12.6. The number of anilines is 1. The quantitative estimate of drug-likeness (QED) is 0.860. The Morgan fingerprint density at radius 3 is 2.75 bits per heavy atom. The first kappa shape index (κ1) is 13.3. The summed E-state index contributed by atoms with van der Waals surface area (Å²) in [6, 6.07) is 5.20. The van der Waals surface area contributed by atoms with E-state index in [1.807, 2.05) is 7.05 Å². The van der Waals surface area contributed by atoms with Crippen LogP contribution in [0.1, 0.15) is 12.5 Å². The molecule has 2 nitrogen and oxygen atoms in total. The van der Waals surface area contributed by atoms with E-state index in [4.69, 9.17) is 5.73 Å². The molecule has 0 heterocycles. The van der Waals surface area contributed by atoms with Crippen molar-refractivity contribution in [1.82, 2.24) is 0 Å². The molecule has 90 valence electrons. The number of hydrogen-bond donors (Lipinski definition) is 1. The van der Waals surface area contributed by atoms with Gasteiger partial charge in [-0.05, 0) is 36.9 Å². The number of rotatable bonds is 5. The summed E-state index contributed by atoms with van der Waals surface area (Å²) < 4.78 is 13.1. The molecule has 0 amide bonds. The predicted octanol–water partition coefficient (Wildman–Crippen LogP) is 2.47. The first-order valence-corrected chi connectivity index (χ1v) is 6.69. The Balaban J connectivity index is 2.93. The zero-order chi connectivity index (χ0) is 12.1. The Labute approximate surface area is 101 Å². The third-order valence-electron chi connectivity index (χ3n) is 2.71. The summed E-state index contributed by atoms with van der Waals surface area (Å²) in [7, 11) is 2.02. The molecule has 4 heteroatoms. The average Bonchev–Trinajstić information content (AvgIpc) is 2.28. The number of hydrogen-bond acceptors (Lipinski definition) is 3. The van der Waals surface area contributed by atoms with Gasteiger partial charge in [0.25, 0.3) is 0 Å². The molecule has 1 rings (SSSR count). The summed E-state index contributed by atoms with van der Waals surface area (Å²) in [5, 5.41) is 0. The lowest BCUT2D eigenvalue weighted by Gasteiger charge is -2.28. The minimum atomic E-state index is -0.227. The lowest BCUT2D eigenvalue weighted by atomic mass is 10.1. The minimum absolute atomic E-state index is 0.227. The second-order valence-corrected chi connectivity index (χ2v) is 4.80. The Morgan fingerprint density at radius 1 is 1.50 bits per heavy atom. The fraction of sp³-hybridized carbons (Fsp3) is 0.500. The van der Waals surface area contributed by atoms with Gasteiger partial charge < -0.3 is 10.6 Å². The molecule has 1 unspecified atom stereocenters. The maximum Gasteiger partial charge on any atom is 0.123 e. The summed E-state index contributed by atoms with van der Waals surface area (Å²) in [5.41, 5.74) is 7.51. The standard InChI is InChI=1S/C12H19FN2S/c1-9(8-16-3)15(2)12-5-4-11(13)6-10(12)7-14/h4-6,9H,7-8,14H2,1-3H3. The van der Waals surface area contributed by atoms with Crippen molar-refractivity contribution < 1.29 is 4.39 Å². The van der Waals surface area contributed by atoms with Crippen molar-refractivity contribution >= 4 is 17.4 Å². The summed E-state index contributed by atoms with van der Waals surface area (Å²) >= 11 is 1.80. The van der Waals surface area contributed by atoms with Gasteiger partial charge in [0.15, 0.2) is 0 Å². The van der Waals surface area contributed by atoms with E-state index in [0.29, 0.717) is 12.6 Å². The van der Waals surface area contributed by atoms with Crippen LogP contribution in [-0.2, 0) is 6.54 Å². The first-order valence-electron chi connectivity index (χ1n) is 5.30. The average molecular weight is 242 g/mol. The van der Waals surface area contributed by atoms with Crippen molar-refractivity contribution in [3.05, 3.63) is 29.6 Å². The van der Waals surface area contributed by atoms with Crippen LogP contribution in [0.15, 0.2) is 18.2 Å². The van der Waals surface area contributed by atoms with Crippen molar-refractivity contribution in [2.45, 2.75) is 19.5 Å². The van der Waals surface area contributed by atoms with Crippen molar-refractivity contribution in [2.24, 2.45) is 5.73 Å². The van der Waals surface area contributed by atoms with Gasteiger partial charge in [-0.1, -0.05) is 0 Å². The molecule has 0 fully saturated rings. The lowest BCUT2D eigenvalue weighted by molar-refractivity contribution is 0.624. The summed E-state index contributed by atoms with van der Waals surface area (Å²) in [5.74, 6) is 0.813. The molecule has 0 saturated heterocycles. The van der Waals surface area contributed by atoms with E-state index < -0.39 is 0 Å². The predicted molar refractivity (Wildman–Crippen MR) is 70.5 cm³/mol. The first-order chi connectivity index (χ1) is 7.60. The molecule has 1 atom stereocenters. The molecule has 16 heavy (non-hydrogen) atoms. The van der Waals surface area contributed by atoms with E-state index in [2.05, 4.69) is 18.1 Å².